The Balaban J connectivity index is 1.51. The summed E-state index contributed by atoms with van der Waals surface area (Å²) >= 11 is 0. The van der Waals surface area contributed by atoms with E-state index in [9.17, 15) is 13.2 Å². The van der Waals surface area contributed by atoms with Crippen LogP contribution in [-0.2, 0) is 31.5 Å². The first-order valence-electron chi connectivity index (χ1n) is 8.74. The highest BCUT2D eigenvalue weighted by Gasteiger charge is 2.52. The van der Waals surface area contributed by atoms with Crippen molar-refractivity contribution in [1.29, 1.82) is 0 Å². The molecule has 0 radical (unpaired) electrons. The maximum absolute atomic E-state index is 12.6. The van der Waals surface area contributed by atoms with Gasteiger partial charge >= 0.3 is 0 Å². The second-order valence-corrected chi connectivity index (χ2v) is 9.06. The maximum atomic E-state index is 12.6. The Morgan fingerprint density at radius 3 is 2.89 bits per heavy atom. The lowest BCUT2D eigenvalue weighted by atomic mass is 9.80. The molecule has 142 valence electrons. The molecule has 7 nitrogen and oxygen atoms in total. The summed E-state index contributed by atoms with van der Waals surface area (Å²) in [5.74, 6) is -0.189. The Hall–Kier alpha value is -2.45. The molecule has 1 spiro atoms. The van der Waals surface area contributed by atoms with Crippen LogP contribution in [-0.4, -0.2) is 44.8 Å². The monoisotopic (exact) mass is 387 g/mol. The predicted octanol–water partition coefficient (Wildman–Crippen LogP) is 1.20. The number of anilines is 1. The average molecular weight is 387 g/mol. The van der Waals surface area contributed by atoms with Crippen LogP contribution in [0.15, 0.2) is 48.8 Å². The first-order valence-corrected chi connectivity index (χ1v) is 10.6. The second-order valence-electron chi connectivity index (χ2n) is 7.15. The standard InChI is InChI=1S/C19H21N3O4S/c1-27(24,25)22-12-19(15-6-2-3-7-16(15)22)9-17(26-13-19)18(23)21-11-14-5-4-8-20-10-14/h2-8,10,17H,9,11-13H2,1H3,(H,21,23). The van der Waals surface area contributed by atoms with E-state index in [0.717, 1.165) is 11.1 Å². The van der Waals surface area contributed by atoms with E-state index in [-0.39, 0.29) is 5.91 Å². The van der Waals surface area contributed by atoms with Crippen LogP contribution in [0.4, 0.5) is 5.69 Å². The third-order valence-corrected chi connectivity index (χ3v) is 6.34. The van der Waals surface area contributed by atoms with Gasteiger partial charge in [0.25, 0.3) is 0 Å². The number of sulfonamides is 1. The van der Waals surface area contributed by atoms with Crippen molar-refractivity contribution in [2.75, 3.05) is 23.7 Å². The fraction of sp³-hybridized carbons (Fsp3) is 0.368. The number of rotatable bonds is 4. The largest absolute Gasteiger partial charge is 0.367 e. The number of pyridine rings is 1. The molecule has 1 N–H and O–H groups in total. The van der Waals surface area contributed by atoms with Crippen molar-refractivity contribution in [2.45, 2.75) is 24.5 Å². The number of aromatic nitrogens is 1. The Morgan fingerprint density at radius 1 is 1.33 bits per heavy atom. The van der Waals surface area contributed by atoms with Crippen molar-refractivity contribution in [2.24, 2.45) is 0 Å². The Bertz CT molecular complexity index is 964. The molecule has 1 aromatic carbocycles. The summed E-state index contributed by atoms with van der Waals surface area (Å²) in [4.78, 5) is 16.6. The van der Waals surface area contributed by atoms with Crippen molar-refractivity contribution < 1.29 is 17.9 Å². The number of hydrogen-bond acceptors (Lipinski definition) is 5. The first-order chi connectivity index (χ1) is 12.9. The lowest BCUT2D eigenvalue weighted by Crippen LogP contribution is -2.38. The Morgan fingerprint density at radius 2 is 2.15 bits per heavy atom. The zero-order valence-corrected chi connectivity index (χ0v) is 15.8. The van der Waals surface area contributed by atoms with Crippen LogP contribution in [0.2, 0.25) is 0 Å². The van der Waals surface area contributed by atoms with Gasteiger partial charge in [0.2, 0.25) is 15.9 Å². The molecule has 2 unspecified atom stereocenters. The summed E-state index contributed by atoms with van der Waals surface area (Å²) in [7, 11) is -3.39. The Labute approximate surface area is 158 Å². The van der Waals surface area contributed by atoms with Crippen molar-refractivity contribution in [1.82, 2.24) is 10.3 Å². The number of fused-ring (bicyclic) bond motifs is 2. The SMILES string of the molecule is CS(=O)(=O)N1CC2(COC(C(=O)NCc3cccnc3)C2)c2ccccc21. The fourth-order valence-corrected chi connectivity index (χ4v) is 4.88. The molecule has 3 heterocycles. The third-order valence-electron chi connectivity index (χ3n) is 5.21. The lowest BCUT2D eigenvalue weighted by Gasteiger charge is -2.23. The van der Waals surface area contributed by atoms with Crippen LogP contribution in [0.1, 0.15) is 17.5 Å². The van der Waals surface area contributed by atoms with Gasteiger partial charge in [0, 0.05) is 30.9 Å². The van der Waals surface area contributed by atoms with Gasteiger partial charge in [0.15, 0.2) is 0 Å². The van der Waals surface area contributed by atoms with Gasteiger partial charge in [0.1, 0.15) is 6.10 Å². The molecule has 1 aromatic heterocycles. The molecular weight excluding hydrogens is 366 g/mol. The van der Waals surface area contributed by atoms with Crippen LogP contribution in [0.3, 0.4) is 0 Å². The van der Waals surface area contributed by atoms with Gasteiger partial charge in [-0.2, -0.15) is 0 Å². The zero-order valence-electron chi connectivity index (χ0n) is 15.0. The van der Waals surface area contributed by atoms with Gasteiger partial charge < -0.3 is 10.1 Å². The van der Waals surface area contributed by atoms with Gasteiger partial charge in [-0.25, -0.2) is 8.42 Å². The molecule has 2 aliphatic heterocycles. The van der Waals surface area contributed by atoms with Crippen molar-refractivity contribution in [3.05, 3.63) is 59.9 Å². The predicted molar refractivity (Wildman–Crippen MR) is 101 cm³/mol. The molecule has 27 heavy (non-hydrogen) atoms. The zero-order chi connectivity index (χ0) is 19.1. The summed E-state index contributed by atoms with van der Waals surface area (Å²) in [6.07, 6.45) is 4.44. The van der Waals surface area contributed by atoms with Crippen LogP contribution in [0.25, 0.3) is 0 Å². The summed E-state index contributed by atoms with van der Waals surface area (Å²) in [5.41, 5.74) is 2.03. The van der Waals surface area contributed by atoms with E-state index in [0.29, 0.717) is 31.8 Å². The van der Waals surface area contributed by atoms with Crippen LogP contribution in [0.5, 0.6) is 0 Å². The van der Waals surface area contributed by atoms with E-state index in [1.165, 1.54) is 10.6 Å². The van der Waals surface area contributed by atoms with Crippen LogP contribution < -0.4 is 9.62 Å². The minimum absolute atomic E-state index is 0.189. The molecule has 0 bridgehead atoms. The number of amides is 1. The van der Waals surface area contributed by atoms with Crippen molar-refractivity contribution >= 4 is 21.6 Å². The minimum atomic E-state index is -3.39. The number of benzene rings is 1. The van der Waals surface area contributed by atoms with E-state index in [2.05, 4.69) is 10.3 Å². The molecule has 1 fully saturated rings. The van der Waals surface area contributed by atoms with Crippen LogP contribution >= 0.6 is 0 Å². The van der Waals surface area contributed by atoms with Crippen molar-refractivity contribution in [3.8, 4) is 0 Å². The molecule has 2 aliphatic rings. The molecule has 0 aliphatic carbocycles. The number of carbonyl (C=O) groups is 1. The van der Waals surface area contributed by atoms with E-state index >= 15 is 0 Å². The highest BCUT2D eigenvalue weighted by atomic mass is 32.2. The van der Waals surface area contributed by atoms with Gasteiger partial charge in [-0.15, -0.1) is 0 Å². The summed E-state index contributed by atoms with van der Waals surface area (Å²) < 4.78 is 31.6. The highest BCUT2D eigenvalue weighted by molar-refractivity contribution is 7.92. The minimum Gasteiger partial charge on any atom is -0.367 e. The molecule has 2 aromatic rings. The van der Waals surface area contributed by atoms with E-state index in [4.69, 9.17) is 4.74 Å². The topological polar surface area (TPSA) is 88.6 Å². The van der Waals surface area contributed by atoms with E-state index in [1.54, 1.807) is 18.5 Å². The number of nitrogens with zero attached hydrogens (tertiary/aromatic N) is 2. The first kappa shape index (κ1) is 17.9. The summed E-state index contributed by atoms with van der Waals surface area (Å²) in [5, 5.41) is 2.88. The van der Waals surface area contributed by atoms with Gasteiger partial charge in [-0.3, -0.25) is 14.1 Å². The van der Waals surface area contributed by atoms with Gasteiger partial charge in [-0.05, 0) is 29.7 Å². The fourth-order valence-electron chi connectivity index (χ4n) is 3.89. The smallest absolute Gasteiger partial charge is 0.249 e. The van der Waals surface area contributed by atoms with Crippen LogP contribution in [0, 0.1) is 0 Å². The lowest BCUT2D eigenvalue weighted by molar-refractivity contribution is -0.130. The van der Waals surface area contributed by atoms with Gasteiger partial charge in [-0.1, -0.05) is 24.3 Å². The number of hydrogen-bond donors (Lipinski definition) is 1. The molecular formula is C19H21N3O4S. The van der Waals surface area contributed by atoms with E-state index in [1.807, 2.05) is 30.3 Å². The molecule has 0 saturated carbocycles. The third kappa shape index (κ3) is 3.30. The molecule has 1 amide bonds. The highest BCUT2D eigenvalue weighted by Crippen LogP contribution is 2.48. The Kier molecular flexibility index (Phi) is 4.39. The maximum Gasteiger partial charge on any atom is 0.249 e. The average Bonchev–Trinajstić information content (AvgIpc) is 3.24. The van der Waals surface area contributed by atoms with Crippen molar-refractivity contribution in [3.63, 3.8) is 0 Å². The molecule has 2 atom stereocenters. The number of carbonyl (C=O) groups excluding carboxylic acids is 1. The summed E-state index contributed by atoms with van der Waals surface area (Å²) in [6.45, 7) is 1.00. The molecule has 1 saturated heterocycles. The molecule has 8 heteroatoms. The van der Waals surface area contributed by atoms with Gasteiger partial charge in [0.05, 0.1) is 18.6 Å². The number of ether oxygens (including phenoxy) is 1. The quantitative estimate of drug-likeness (QED) is 0.852. The molecule has 4 rings (SSSR count). The van der Waals surface area contributed by atoms with E-state index < -0.39 is 21.5 Å². The normalized spacial score (nSPS) is 24.2. The second kappa shape index (κ2) is 6.61. The summed E-state index contributed by atoms with van der Waals surface area (Å²) in [6, 6.07) is 11.2. The number of para-hydroxylation sites is 1. The number of nitrogens with one attached hydrogen (secondary N) is 1.